The molecular formula is C29H34ClFN6. The number of nitrogens with zero attached hydrogens (tertiary/aromatic N) is 5. The number of hydrogen-bond acceptors (Lipinski definition) is 5. The summed E-state index contributed by atoms with van der Waals surface area (Å²) in [7, 11) is 0. The molecule has 3 aliphatic heterocycles. The first kappa shape index (κ1) is 25.6. The number of allylic oxidation sites excluding steroid dienone is 2. The van der Waals surface area contributed by atoms with E-state index < -0.39 is 5.82 Å². The van der Waals surface area contributed by atoms with Crippen LogP contribution < -0.4 is 5.73 Å². The molecule has 0 spiro atoms. The van der Waals surface area contributed by atoms with Crippen LogP contribution in [0, 0.1) is 18.2 Å². The van der Waals surface area contributed by atoms with Crippen LogP contribution in [-0.2, 0) is 6.54 Å². The van der Waals surface area contributed by atoms with Gasteiger partial charge in [0.1, 0.15) is 17.5 Å². The van der Waals surface area contributed by atoms with E-state index in [0.29, 0.717) is 17.3 Å². The summed E-state index contributed by atoms with van der Waals surface area (Å²) < 4.78 is 16.1. The van der Waals surface area contributed by atoms with E-state index in [4.69, 9.17) is 28.7 Å². The van der Waals surface area contributed by atoms with Crippen LogP contribution in [0.4, 0.5) is 4.39 Å². The molecular weight excluding hydrogens is 487 g/mol. The summed E-state index contributed by atoms with van der Waals surface area (Å²) in [6.07, 6.45) is 18.0. The van der Waals surface area contributed by atoms with Gasteiger partial charge in [-0.2, -0.15) is 0 Å². The maximum Gasteiger partial charge on any atom is 0.141 e. The van der Waals surface area contributed by atoms with Crippen molar-refractivity contribution in [1.82, 2.24) is 19.4 Å². The Hall–Kier alpha value is -3.08. The number of nitrogens with two attached hydrogens (primary N) is 1. The second kappa shape index (κ2) is 11.5. The van der Waals surface area contributed by atoms with Crippen LogP contribution in [0.1, 0.15) is 50.3 Å². The van der Waals surface area contributed by atoms with Gasteiger partial charge < -0.3 is 20.1 Å². The molecule has 2 N–H and O–H groups in total. The minimum atomic E-state index is -0.414. The van der Waals surface area contributed by atoms with E-state index in [1.165, 1.54) is 18.9 Å². The molecule has 2 aromatic rings. The number of amidine groups is 1. The van der Waals surface area contributed by atoms with Gasteiger partial charge in [0.05, 0.1) is 16.3 Å². The van der Waals surface area contributed by atoms with E-state index in [2.05, 4.69) is 31.5 Å². The summed E-state index contributed by atoms with van der Waals surface area (Å²) in [4.78, 5) is 14.3. The second-order valence-corrected chi connectivity index (χ2v) is 10.4. The van der Waals surface area contributed by atoms with E-state index >= 15 is 0 Å². The minimum Gasteiger partial charge on any atom is -0.383 e. The fraction of sp³-hybridized carbons (Fsp3) is 0.448. The zero-order valence-electron chi connectivity index (χ0n) is 21.2. The van der Waals surface area contributed by atoms with Crippen molar-refractivity contribution >= 4 is 17.4 Å². The average Bonchev–Trinajstić information content (AvgIpc) is 3.57. The van der Waals surface area contributed by atoms with Gasteiger partial charge in [0.2, 0.25) is 0 Å². The van der Waals surface area contributed by atoms with Crippen molar-refractivity contribution < 1.29 is 4.39 Å². The smallest absolute Gasteiger partial charge is 0.141 e. The Balaban J connectivity index is 1.37. The SMILES string of the molecule is C#CC1=C(N2CCC(c3nc(-c4ccc(F)c(Cl)c4)cn3CCN3CCCC3)CC2)CCC=CN=C1N. The highest BCUT2D eigenvalue weighted by Crippen LogP contribution is 2.33. The maximum absolute atomic E-state index is 13.8. The van der Waals surface area contributed by atoms with Crippen LogP contribution in [0.5, 0.6) is 0 Å². The molecule has 0 atom stereocenters. The van der Waals surface area contributed by atoms with Crippen LogP contribution in [0.2, 0.25) is 5.02 Å². The van der Waals surface area contributed by atoms with Crippen LogP contribution in [-0.4, -0.2) is 57.9 Å². The number of rotatable bonds is 6. The standard InChI is InChI=1S/C29H34ClFN6/c1-2-23-27(7-3-4-12-33-28(23)32)36-15-10-21(11-16-36)29-34-26(22-8-9-25(31)24(30)19-22)20-37(29)18-17-35-13-5-6-14-35/h1,4,8-9,12,19-21H,3,5-7,10-11,13-18H2,(H2,32,33). The molecule has 2 fully saturated rings. The zero-order chi connectivity index (χ0) is 25.8. The first-order chi connectivity index (χ1) is 18.0. The predicted octanol–water partition coefficient (Wildman–Crippen LogP) is 5.17. The Morgan fingerprint density at radius 2 is 1.92 bits per heavy atom. The third-order valence-corrected chi connectivity index (χ3v) is 7.97. The molecule has 37 heavy (non-hydrogen) atoms. The van der Waals surface area contributed by atoms with Crippen LogP contribution in [0.3, 0.4) is 0 Å². The molecule has 0 saturated carbocycles. The van der Waals surface area contributed by atoms with Crippen LogP contribution >= 0.6 is 11.6 Å². The molecule has 0 bridgehead atoms. The average molecular weight is 521 g/mol. The topological polar surface area (TPSA) is 62.7 Å². The molecule has 3 aliphatic rings. The zero-order valence-corrected chi connectivity index (χ0v) is 21.9. The van der Waals surface area contributed by atoms with Crippen molar-refractivity contribution in [2.24, 2.45) is 10.7 Å². The molecule has 194 valence electrons. The van der Waals surface area contributed by atoms with E-state index in [9.17, 15) is 4.39 Å². The van der Waals surface area contributed by atoms with Gasteiger partial charge in [-0.25, -0.2) is 14.4 Å². The molecule has 8 heteroatoms. The molecule has 4 heterocycles. The van der Waals surface area contributed by atoms with Gasteiger partial charge in [0, 0.05) is 55.8 Å². The summed E-state index contributed by atoms with van der Waals surface area (Å²) in [6.45, 7) is 6.01. The Morgan fingerprint density at radius 1 is 1.14 bits per heavy atom. The van der Waals surface area contributed by atoms with Gasteiger partial charge in [-0.3, -0.25) is 0 Å². The number of halogens is 2. The molecule has 0 radical (unpaired) electrons. The van der Waals surface area contributed by atoms with Gasteiger partial charge in [-0.15, -0.1) is 6.42 Å². The van der Waals surface area contributed by atoms with Gasteiger partial charge >= 0.3 is 0 Å². The Bertz CT molecular complexity index is 1260. The number of likely N-dealkylation sites (tertiary alicyclic amines) is 2. The van der Waals surface area contributed by atoms with Gasteiger partial charge in [0.15, 0.2) is 0 Å². The van der Waals surface area contributed by atoms with Gasteiger partial charge in [-0.05, 0) is 69.8 Å². The number of benzene rings is 1. The molecule has 1 aromatic carbocycles. The Labute approximate surface area is 223 Å². The third-order valence-electron chi connectivity index (χ3n) is 7.68. The second-order valence-electron chi connectivity index (χ2n) is 10.0. The number of aromatic nitrogens is 2. The summed E-state index contributed by atoms with van der Waals surface area (Å²) in [5, 5.41) is 0.119. The van der Waals surface area contributed by atoms with E-state index in [1.54, 1.807) is 18.3 Å². The number of imidazole rings is 1. The van der Waals surface area contributed by atoms with Crippen molar-refractivity contribution in [3.8, 4) is 23.6 Å². The highest BCUT2D eigenvalue weighted by molar-refractivity contribution is 6.31. The number of terminal acetylenes is 1. The lowest BCUT2D eigenvalue weighted by atomic mass is 9.94. The number of aliphatic imine (C=N–C) groups is 1. The normalized spacial score (nSPS) is 19.6. The fourth-order valence-electron chi connectivity index (χ4n) is 5.63. The Morgan fingerprint density at radius 3 is 2.65 bits per heavy atom. The van der Waals surface area contributed by atoms with Crippen LogP contribution in [0.25, 0.3) is 11.3 Å². The monoisotopic (exact) mass is 520 g/mol. The van der Waals surface area contributed by atoms with Crippen molar-refractivity contribution in [2.45, 2.75) is 51.0 Å². The molecule has 2 saturated heterocycles. The molecule has 5 rings (SSSR count). The summed E-state index contributed by atoms with van der Waals surface area (Å²) in [5.74, 6) is 4.21. The minimum absolute atomic E-state index is 0.119. The predicted molar refractivity (Wildman–Crippen MR) is 148 cm³/mol. The van der Waals surface area contributed by atoms with Crippen molar-refractivity contribution in [3.05, 3.63) is 64.6 Å². The quantitative estimate of drug-likeness (QED) is 0.534. The number of hydrogen-bond donors (Lipinski definition) is 1. The van der Waals surface area contributed by atoms with Crippen molar-refractivity contribution in [2.75, 3.05) is 32.7 Å². The van der Waals surface area contributed by atoms with E-state index in [1.807, 2.05) is 6.08 Å². The van der Waals surface area contributed by atoms with E-state index in [-0.39, 0.29) is 5.02 Å². The highest BCUT2D eigenvalue weighted by Gasteiger charge is 2.28. The van der Waals surface area contributed by atoms with Crippen molar-refractivity contribution in [1.29, 1.82) is 0 Å². The third kappa shape index (κ3) is 5.76. The lowest BCUT2D eigenvalue weighted by Gasteiger charge is -2.36. The summed E-state index contributed by atoms with van der Waals surface area (Å²) >= 11 is 6.09. The largest absolute Gasteiger partial charge is 0.383 e. The van der Waals surface area contributed by atoms with Gasteiger partial charge in [-0.1, -0.05) is 23.6 Å². The fourth-order valence-corrected chi connectivity index (χ4v) is 5.81. The first-order valence-corrected chi connectivity index (χ1v) is 13.6. The lowest BCUT2D eigenvalue weighted by molar-refractivity contribution is 0.246. The highest BCUT2D eigenvalue weighted by atomic mass is 35.5. The van der Waals surface area contributed by atoms with Crippen molar-refractivity contribution in [3.63, 3.8) is 0 Å². The molecule has 1 aromatic heterocycles. The molecule has 0 aliphatic carbocycles. The molecule has 6 nitrogen and oxygen atoms in total. The Kier molecular flexibility index (Phi) is 7.97. The van der Waals surface area contributed by atoms with Gasteiger partial charge in [0.25, 0.3) is 0 Å². The van der Waals surface area contributed by atoms with E-state index in [0.717, 1.165) is 87.7 Å². The lowest BCUT2D eigenvalue weighted by Crippen LogP contribution is -2.35. The maximum atomic E-state index is 13.8. The summed E-state index contributed by atoms with van der Waals surface area (Å²) in [5.41, 5.74) is 9.69. The van der Waals surface area contributed by atoms with Crippen LogP contribution in [0.15, 0.2) is 52.9 Å². The summed E-state index contributed by atoms with van der Waals surface area (Å²) in [6, 6.07) is 4.83. The molecule has 0 amide bonds. The number of piperidine rings is 1. The molecule has 0 unspecified atom stereocenters. The first-order valence-electron chi connectivity index (χ1n) is 13.2.